The molecule has 6 nitrogen and oxygen atoms in total. The van der Waals surface area contributed by atoms with Crippen LogP contribution in [0.2, 0.25) is 0 Å². The van der Waals surface area contributed by atoms with Gasteiger partial charge in [0, 0.05) is 14.1 Å². The van der Waals surface area contributed by atoms with Gasteiger partial charge >= 0.3 is 43.4 Å². The molecule has 0 aliphatic heterocycles. The third-order valence-electron chi connectivity index (χ3n) is 1.97. The summed E-state index contributed by atoms with van der Waals surface area (Å²) in [6.07, 6.45) is 1.49. The number of aromatic amines is 1. The van der Waals surface area contributed by atoms with E-state index in [1.807, 2.05) is 0 Å². The average molecular weight is 222 g/mol. The zero-order valence-corrected chi connectivity index (χ0v) is 7.24. The Bertz CT molecular complexity index is 579. The minimum absolute atomic E-state index is 0. The van der Waals surface area contributed by atoms with Crippen molar-refractivity contribution in [1.82, 2.24) is 19.1 Å². The van der Waals surface area contributed by atoms with Crippen LogP contribution in [-0.2, 0) is 14.1 Å². The van der Waals surface area contributed by atoms with E-state index < -0.39 is 5.69 Å². The molecule has 14 heavy (non-hydrogen) atoms. The van der Waals surface area contributed by atoms with Gasteiger partial charge in [-0.3, -0.25) is 14.3 Å². The van der Waals surface area contributed by atoms with Crippen molar-refractivity contribution in [3.8, 4) is 0 Å². The van der Waals surface area contributed by atoms with E-state index in [9.17, 15) is 9.59 Å². The maximum absolute atomic E-state index is 11.5. The number of nitrogens with one attached hydrogen (secondary N) is 1. The Labute approximate surface area is 109 Å². The summed E-state index contributed by atoms with van der Waals surface area (Å²) in [5, 5.41) is 0. The van der Waals surface area contributed by atoms with Crippen molar-refractivity contribution >= 4 is 48.9 Å². The van der Waals surface area contributed by atoms with E-state index in [4.69, 9.17) is 0 Å². The van der Waals surface area contributed by atoms with Crippen LogP contribution in [0.15, 0.2) is 15.9 Å². The van der Waals surface area contributed by atoms with Crippen molar-refractivity contribution in [2.45, 2.75) is 0 Å². The van der Waals surface area contributed by atoms with E-state index >= 15 is 0 Å². The van der Waals surface area contributed by atoms with Crippen LogP contribution in [0, 0.1) is 0 Å². The SMILES string of the molecule is Cn1c(=O)[nH]c2ncn(C)c2c1=O.[CaH2]. The van der Waals surface area contributed by atoms with Gasteiger partial charge in [-0.2, -0.15) is 0 Å². The van der Waals surface area contributed by atoms with Crippen molar-refractivity contribution in [1.29, 1.82) is 0 Å². The summed E-state index contributed by atoms with van der Waals surface area (Å²) >= 11 is 0. The Morgan fingerprint density at radius 2 is 2.00 bits per heavy atom. The van der Waals surface area contributed by atoms with Crippen LogP contribution in [0.5, 0.6) is 0 Å². The summed E-state index contributed by atoms with van der Waals surface area (Å²) in [5.41, 5.74) is -0.0485. The van der Waals surface area contributed by atoms with Gasteiger partial charge in [0.05, 0.1) is 6.33 Å². The van der Waals surface area contributed by atoms with Crippen LogP contribution in [0.1, 0.15) is 0 Å². The summed E-state index contributed by atoms with van der Waals surface area (Å²) in [6, 6.07) is 0. The first-order valence-electron chi connectivity index (χ1n) is 3.71. The van der Waals surface area contributed by atoms with E-state index in [1.54, 1.807) is 11.6 Å². The van der Waals surface area contributed by atoms with E-state index in [0.29, 0.717) is 11.2 Å². The molecule has 0 aliphatic carbocycles. The van der Waals surface area contributed by atoms with Crippen LogP contribution >= 0.6 is 0 Å². The molecule has 2 heterocycles. The van der Waals surface area contributed by atoms with Gasteiger partial charge in [-0.1, -0.05) is 0 Å². The van der Waals surface area contributed by atoms with Gasteiger partial charge in [-0.05, 0) is 0 Å². The number of rotatable bonds is 0. The minimum atomic E-state index is -0.448. The average Bonchev–Trinajstić information content (AvgIpc) is 2.43. The predicted octanol–water partition coefficient (Wildman–Crippen LogP) is -1.96. The Hall–Kier alpha value is -0.590. The third kappa shape index (κ3) is 1.53. The molecule has 0 saturated heterocycles. The Kier molecular flexibility index (Phi) is 3.18. The Balaban J connectivity index is 0.000000980. The van der Waals surface area contributed by atoms with Gasteiger partial charge in [0.15, 0.2) is 11.2 Å². The van der Waals surface area contributed by atoms with Gasteiger partial charge in [-0.15, -0.1) is 0 Å². The molecule has 7 heteroatoms. The van der Waals surface area contributed by atoms with Gasteiger partial charge in [0.1, 0.15) is 0 Å². The molecule has 2 aromatic heterocycles. The fraction of sp³-hybridized carbons (Fsp3) is 0.286. The van der Waals surface area contributed by atoms with Crippen LogP contribution in [0.3, 0.4) is 0 Å². The third-order valence-corrected chi connectivity index (χ3v) is 1.97. The molecule has 0 spiro atoms. The molecule has 72 valence electrons. The second kappa shape index (κ2) is 3.88. The molecule has 0 bridgehead atoms. The number of nitrogens with zero attached hydrogens (tertiary/aromatic N) is 3. The number of aryl methyl sites for hydroxylation is 1. The standard InChI is InChI=1S/C7H8N4O2.Ca.2H/c1-10-3-8-5-4(10)6(12)11(2)7(13)9-5;;;/h3H,1-2H3,(H,9,13);;;. The summed E-state index contributed by atoms with van der Waals surface area (Å²) in [4.78, 5) is 29.0. The summed E-state index contributed by atoms with van der Waals surface area (Å²) in [6.45, 7) is 0. The zero-order chi connectivity index (χ0) is 9.59. The zero-order valence-electron chi connectivity index (χ0n) is 7.24. The Morgan fingerprint density at radius 3 is 2.64 bits per heavy atom. The quantitative estimate of drug-likeness (QED) is 0.526. The summed E-state index contributed by atoms with van der Waals surface area (Å²) in [5.74, 6) is 0. The van der Waals surface area contributed by atoms with Crippen LogP contribution in [0.4, 0.5) is 0 Å². The van der Waals surface area contributed by atoms with Gasteiger partial charge in [0.2, 0.25) is 0 Å². The Morgan fingerprint density at radius 1 is 1.36 bits per heavy atom. The first-order chi connectivity index (χ1) is 6.11. The molecular formula is C7H10CaN4O2. The fourth-order valence-electron chi connectivity index (χ4n) is 1.21. The van der Waals surface area contributed by atoms with Crippen LogP contribution in [-0.4, -0.2) is 56.8 Å². The van der Waals surface area contributed by atoms with Crippen molar-refractivity contribution in [3.63, 3.8) is 0 Å². The molecule has 2 aromatic rings. The molecule has 0 atom stereocenters. The van der Waals surface area contributed by atoms with Gasteiger partial charge < -0.3 is 4.57 Å². The number of hydrogen-bond donors (Lipinski definition) is 1. The summed E-state index contributed by atoms with van der Waals surface area (Å²) < 4.78 is 2.59. The monoisotopic (exact) mass is 222 g/mol. The van der Waals surface area contributed by atoms with E-state index in [0.717, 1.165) is 4.57 Å². The number of hydrogen-bond acceptors (Lipinski definition) is 3. The van der Waals surface area contributed by atoms with Crippen molar-refractivity contribution < 1.29 is 0 Å². The van der Waals surface area contributed by atoms with Gasteiger partial charge in [-0.25, -0.2) is 9.78 Å². The molecule has 0 unspecified atom stereocenters. The van der Waals surface area contributed by atoms with Crippen molar-refractivity contribution in [2.75, 3.05) is 0 Å². The van der Waals surface area contributed by atoms with Crippen molar-refractivity contribution in [2.24, 2.45) is 14.1 Å². The number of imidazole rings is 1. The predicted molar refractivity (Wildman–Crippen MR) is 55.1 cm³/mol. The molecule has 0 amide bonds. The molecule has 0 aromatic carbocycles. The molecule has 1 N–H and O–H groups in total. The first-order valence-corrected chi connectivity index (χ1v) is 3.71. The number of fused-ring (bicyclic) bond motifs is 1. The second-order valence-corrected chi connectivity index (χ2v) is 2.85. The number of aromatic nitrogens is 4. The van der Waals surface area contributed by atoms with Crippen LogP contribution < -0.4 is 11.2 Å². The van der Waals surface area contributed by atoms with Crippen LogP contribution in [0.25, 0.3) is 11.2 Å². The molecule has 0 aliphatic rings. The van der Waals surface area contributed by atoms with E-state index in [-0.39, 0.29) is 43.3 Å². The van der Waals surface area contributed by atoms with E-state index in [2.05, 4.69) is 9.97 Å². The molecule has 0 fully saturated rings. The van der Waals surface area contributed by atoms with E-state index in [1.165, 1.54) is 13.4 Å². The normalized spacial score (nSPS) is 10.1. The maximum atomic E-state index is 11.5. The van der Waals surface area contributed by atoms with Gasteiger partial charge in [0.25, 0.3) is 5.56 Å². The second-order valence-electron chi connectivity index (χ2n) is 2.85. The number of H-pyrrole nitrogens is 1. The topological polar surface area (TPSA) is 72.7 Å². The van der Waals surface area contributed by atoms with Crippen molar-refractivity contribution in [3.05, 3.63) is 27.2 Å². The molecule has 2 rings (SSSR count). The molecule has 0 radical (unpaired) electrons. The molecular weight excluding hydrogens is 212 g/mol. The summed E-state index contributed by atoms with van der Waals surface area (Å²) in [7, 11) is 3.13. The molecule has 0 saturated carbocycles. The fourth-order valence-corrected chi connectivity index (χ4v) is 1.21. The first kappa shape index (κ1) is 11.5.